The van der Waals surface area contributed by atoms with Gasteiger partial charge in [-0.05, 0) is 38.3 Å². The van der Waals surface area contributed by atoms with Crippen molar-refractivity contribution in [2.45, 2.75) is 44.9 Å². The van der Waals surface area contributed by atoms with Gasteiger partial charge >= 0.3 is 5.97 Å². The van der Waals surface area contributed by atoms with Gasteiger partial charge in [0.2, 0.25) is 0 Å². The molecule has 1 aliphatic rings. The maximum atomic E-state index is 12.6. The molecule has 0 amide bonds. The summed E-state index contributed by atoms with van der Waals surface area (Å²) in [4.78, 5) is 17.4. The summed E-state index contributed by atoms with van der Waals surface area (Å²) < 4.78 is 7.46. The lowest BCUT2D eigenvalue weighted by molar-refractivity contribution is -0.150. The van der Waals surface area contributed by atoms with E-state index in [1.165, 1.54) is 5.56 Å². The number of aromatic nitrogens is 2. The predicted octanol–water partition coefficient (Wildman–Crippen LogP) is 3.26. The summed E-state index contributed by atoms with van der Waals surface area (Å²) in [6.07, 6.45) is 3.78. The number of carbonyl (C=O) groups excluding carboxylic acids is 1. The molecule has 3 rings (SSSR count). The first-order chi connectivity index (χ1) is 10.1. The van der Waals surface area contributed by atoms with E-state index in [0.29, 0.717) is 6.61 Å². The van der Waals surface area contributed by atoms with Crippen LogP contribution in [0, 0.1) is 6.92 Å². The SMILES string of the molecule is CCOC(=O)C1(c2nc3cccc(C)c3n2C)CCCC1. The minimum Gasteiger partial charge on any atom is -0.465 e. The van der Waals surface area contributed by atoms with Crippen LogP contribution in [0.3, 0.4) is 0 Å². The summed E-state index contributed by atoms with van der Waals surface area (Å²) in [6, 6.07) is 6.11. The summed E-state index contributed by atoms with van der Waals surface area (Å²) in [6.45, 7) is 4.36. The van der Waals surface area contributed by atoms with Crippen LogP contribution in [0.2, 0.25) is 0 Å². The molecule has 1 aliphatic carbocycles. The zero-order valence-electron chi connectivity index (χ0n) is 13.0. The van der Waals surface area contributed by atoms with Gasteiger partial charge in [0, 0.05) is 7.05 Å². The van der Waals surface area contributed by atoms with Gasteiger partial charge in [-0.2, -0.15) is 0 Å². The van der Waals surface area contributed by atoms with Crippen molar-refractivity contribution < 1.29 is 9.53 Å². The van der Waals surface area contributed by atoms with E-state index in [4.69, 9.17) is 9.72 Å². The highest BCUT2D eigenvalue weighted by molar-refractivity contribution is 5.86. The van der Waals surface area contributed by atoms with Crippen LogP contribution in [-0.4, -0.2) is 22.1 Å². The number of hydrogen-bond acceptors (Lipinski definition) is 3. The highest BCUT2D eigenvalue weighted by Gasteiger charge is 2.47. The number of imidazole rings is 1. The predicted molar refractivity (Wildman–Crippen MR) is 82.2 cm³/mol. The number of rotatable bonds is 3. The summed E-state index contributed by atoms with van der Waals surface area (Å²) >= 11 is 0. The van der Waals surface area contributed by atoms with Crippen LogP contribution in [0.15, 0.2) is 18.2 Å². The summed E-state index contributed by atoms with van der Waals surface area (Å²) in [5.74, 6) is 0.751. The number of ether oxygens (including phenoxy) is 1. The van der Waals surface area contributed by atoms with E-state index in [-0.39, 0.29) is 5.97 Å². The third kappa shape index (κ3) is 2.04. The van der Waals surface area contributed by atoms with Crippen LogP contribution < -0.4 is 0 Å². The maximum absolute atomic E-state index is 12.6. The summed E-state index contributed by atoms with van der Waals surface area (Å²) in [5.41, 5.74) is 2.70. The van der Waals surface area contributed by atoms with Gasteiger partial charge in [0.1, 0.15) is 11.2 Å². The largest absolute Gasteiger partial charge is 0.465 e. The van der Waals surface area contributed by atoms with E-state index in [1.807, 2.05) is 26.1 Å². The zero-order chi connectivity index (χ0) is 15.0. The Labute approximate surface area is 125 Å². The van der Waals surface area contributed by atoms with Crippen LogP contribution in [-0.2, 0) is 22.0 Å². The monoisotopic (exact) mass is 286 g/mol. The molecular weight excluding hydrogens is 264 g/mol. The highest BCUT2D eigenvalue weighted by atomic mass is 16.5. The van der Waals surface area contributed by atoms with Gasteiger partial charge in [-0.15, -0.1) is 0 Å². The van der Waals surface area contributed by atoms with Crippen LogP contribution in [0.1, 0.15) is 44.0 Å². The van der Waals surface area contributed by atoms with Gasteiger partial charge in [-0.1, -0.05) is 25.0 Å². The van der Waals surface area contributed by atoms with E-state index in [2.05, 4.69) is 17.6 Å². The standard InChI is InChI=1S/C17H22N2O2/c1-4-21-16(20)17(10-5-6-11-17)15-18-13-9-7-8-12(2)14(13)19(15)3/h7-9H,4-6,10-11H2,1-3H3. The van der Waals surface area contributed by atoms with Gasteiger partial charge in [0.15, 0.2) is 0 Å². The molecule has 0 aliphatic heterocycles. The van der Waals surface area contributed by atoms with Gasteiger partial charge in [-0.3, -0.25) is 4.79 Å². The van der Waals surface area contributed by atoms with Crippen molar-refractivity contribution in [1.82, 2.24) is 9.55 Å². The maximum Gasteiger partial charge on any atom is 0.319 e. The molecule has 112 valence electrons. The lowest BCUT2D eigenvalue weighted by Crippen LogP contribution is -2.37. The molecule has 0 N–H and O–H groups in total. The molecule has 0 spiro atoms. The second-order valence-electron chi connectivity index (χ2n) is 5.95. The number of para-hydroxylation sites is 1. The highest BCUT2D eigenvalue weighted by Crippen LogP contribution is 2.42. The number of hydrogen-bond donors (Lipinski definition) is 0. The average Bonchev–Trinajstić information content (AvgIpc) is 3.06. The molecule has 21 heavy (non-hydrogen) atoms. The van der Waals surface area contributed by atoms with Crippen LogP contribution in [0.4, 0.5) is 0 Å². The summed E-state index contributed by atoms with van der Waals surface area (Å²) in [7, 11) is 2.01. The van der Waals surface area contributed by atoms with Gasteiger partial charge in [0.05, 0.1) is 17.6 Å². The Balaban J connectivity index is 2.19. The van der Waals surface area contributed by atoms with Crippen molar-refractivity contribution in [2.24, 2.45) is 7.05 Å². The molecule has 0 radical (unpaired) electrons. The molecule has 0 bridgehead atoms. The van der Waals surface area contributed by atoms with Crippen molar-refractivity contribution in [3.05, 3.63) is 29.6 Å². The van der Waals surface area contributed by atoms with Crippen LogP contribution >= 0.6 is 0 Å². The molecule has 4 nitrogen and oxygen atoms in total. The Morgan fingerprint density at radius 1 is 1.38 bits per heavy atom. The van der Waals surface area contributed by atoms with Gasteiger partial charge in [0.25, 0.3) is 0 Å². The van der Waals surface area contributed by atoms with Crippen LogP contribution in [0.25, 0.3) is 11.0 Å². The fourth-order valence-electron chi connectivity index (χ4n) is 3.66. The number of nitrogens with zero attached hydrogens (tertiary/aromatic N) is 2. The Bertz CT molecular complexity index is 681. The van der Waals surface area contributed by atoms with Crippen molar-refractivity contribution in [3.8, 4) is 0 Å². The first kappa shape index (κ1) is 14.1. The quantitative estimate of drug-likeness (QED) is 0.813. The Kier molecular flexibility index (Phi) is 3.47. The molecule has 0 atom stereocenters. The topological polar surface area (TPSA) is 44.1 Å². The smallest absolute Gasteiger partial charge is 0.319 e. The van der Waals surface area contributed by atoms with Crippen molar-refractivity contribution >= 4 is 17.0 Å². The first-order valence-corrected chi connectivity index (χ1v) is 7.70. The molecule has 1 heterocycles. The second kappa shape index (κ2) is 5.17. The molecule has 0 saturated heterocycles. The van der Waals surface area contributed by atoms with E-state index in [1.54, 1.807) is 0 Å². The molecular formula is C17H22N2O2. The lowest BCUT2D eigenvalue weighted by Gasteiger charge is -2.25. The molecule has 1 aromatic heterocycles. The minimum atomic E-state index is -0.559. The third-order valence-electron chi connectivity index (χ3n) is 4.65. The van der Waals surface area contributed by atoms with Crippen LogP contribution in [0.5, 0.6) is 0 Å². The zero-order valence-corrected chi connectivity index (χ0v) is 13.0. The van der Waals surface area contributed by atoms with Crippen molar-refractivity contribution in [3.63, 3.8) is 0 Å². The Morgan fingerprint density at radius 3 is 2.71 bits per heavy atom. The van der Waals surface area contributed by atoms with E-state index in [0.717, 1.165) is 42.5 Å². The third-order valence-corrected chi connectivity index (χ3v) is 4.65. The number of benzene rings is 1. The van der Waals surface area contributed by atoms with E-state index >= 15 is 0 Å². The Morgan fingerprint density at radius 2 is 2.10 bits per heavy atom. The minimum absolute atomic E-state index is 0.112. The van der Waals surface area contributed by atoms with Crippen molar-refractivity contribution in [1.29, 1.82) is 0 Å². The molecule has 1 aromatic carbocycles. The van der Waals surface area contributed by atoms with E-state index in [9.17, 15) is 4.79 Å². The number of esters is 1. The number of fused-ring (bicyclic) bond motifs is 1. The average molecular weight is 286 g/mol. The fourth-order valence-corrected chi connectivity index (χ4v) is 3.66. The number of aryl methyl sites for hydroxylation is 2. The summed E-state index contributed by atoms with van der Waals surface area (Å²) in [5, 5.41) is 0. The first-order valence-electron chi connectivity index (χ1n) is 7.70. The molecule has 4 heteroatoms. The molecule has 1 saturated carbocycles. The number of carbonyl (C=O) groups is 1. The molecule has 0 unspecified atom stereocenters. The molecule has 2 aromatic rings. The Hall–Kier alpha value is -1.84. The lowest BCUT2D eigenvalue weighted by atomic mass is 9.85. The van der Waals surface area contributed by atoms with Gasteiger partial charge in [-0.25, -0.2) is 4.98 Å². The second-order valence-corrected chi connectivity index (χ2v) is 5.95. The van der Waals surface area contributed by atoms with Crippen molar-refractivity contribution in [2.75, 3.05) is 6.61 Å². The fraction of sp³-hybridized carbons (Fsp3) is 0.529. The normalized spacial score (nSPS) is 17.3. The van der Waals surface area contributed by atoms with E-state index < -0.39 is 5.41 Å². The molecule has 1 fully saturated rings. The van der Waals surface area contributed by atoms with Gasteiger partial charge < -0.3 is 9.30 Å².